The van der Waals surface area contributed by atoms with Crippen LogP contribution < -0.4 is 14.8 Å². The number of nitrogens with one attached hydrogen (secondary N) is 1. The minimum Gasteiger partial charge on any atom is -0.493 e. The van der Waals surface area contributed by atoms with Crippen molar-refractivity contribution in [3.8, 4) is 11.5 Å². The summed E-state index contributed by atoms with van der Waals surface area (Å²) >= 11 is 0. The van der Waals surface area contributed by atoms with E-state index in [0.29, 0.717) is 6.61 Å². The highest BCUT2D eigenvalue weighted by molar-refractivity contribution is 5.42. The molecule has 0 aliphatic rings. The zero-order valence-electron chi connectivity index (χ0n) is 12.9. The fourth-order valence-corrected chi connectivity index (χ4v) is 2.14. The third-order valence-corrected chi connectivity index (χ3v) is 3.18. The molecule has 1 N–H and O–H groups in total. The standard InChI is InChI=1S/C16H23N3O2/c1-4-21-15-6-5-13(11-16(15)20-3)12-17-9-7-14-8-10-19(2)18-14/h5-6,8,10-11,17H,4,7,9,12H2,1-3H3. The summed E-state index contributed by atoms with van der Waals surface area (Å²) in [5.74, 6) is 1.57. The molecule has 1 aromatic carbocycles. The average Bonchev–Trinajstić information content (AvgIpc) is 2.90. The summed E-state index contributed by atoms with van der Waals surface area (Å²) in [6, 6.07) is 8.07. The van der Waals surface area contributed by atoms with Gasteiger partial charge in [0.05, 0.1) is 19.4 Å². The predicted octanol–water partition coefficient (Wildman–Crippen LogP) is 2.16. The maximum Gasteiger partial charge on any atom is 0.161 e. The number of aromatic nitrogens is 2. The number of nitrogens with zero attached hydrogens (tertiary/aromatic N) is 2. The van der Waals surface area contributed by atoms with Crippen molar-refractivity contribution in [1.29, 1.82) is 0 Å². The van der Waals surface area contributed by atoms with E-state index >= 15 is 0 Å². The molecule has 0 saturated carbocycles. The molecule has 21 heavy (non-hydrogen) atoms. The molecule has 114 valence electrons. The van der Waals surface area contributed by atoms with E-state index in [0.717, 1.165) is 36.7 Å². The number of hydrogen-bond donors (Lipinski definition) is 1. The molecule has 0 unspecified atom stereocenters. The monoisotopic (exact) mass is 289 g/mol. The lowest BCUT2D eigenvalue weighted by molar-refractivity contribution is 0.310. The topological polar surface area (TPSA) is 48.3 Å². The normalized spacial score (nSPS) is 10.6. The van der Waals surface area contributed by atoms with Crippen LogP contribution in [0.1, 0.15) is 18.2 Å². The van der Waals surface area contributed by atoms with E-state index in [9.17, 15) is 0 Å². The Bertz CT molecular complexity index is 566. The van der Waals surface area contributed by atoms with Crippen molar-refractivity contribution < 1.29 is 9.47 Å². The van der Waals surface area contributed by atoms with Gasteiger partial charge in [0.15, 0.2) is 11.5 Å². The van der Waals surface area contributed by atoms with Crippen molar-refractivity contribution in [2.45, 2.75) is 19.9 Å². The molecule has 0 aliphatic carbocycles. The smallest absolute Gasteiger partial charge is 0.161 e. The molecule has 0 saturated heterocycles. The van der Waals surface area contributed by atoms with Crippen molar-refractivity contribution >= 4 is 0 Å². The maximum atomic E-state index is 5.51. The van der Waals surface area contributed by atoms with E-state index in [2.05, 4.69) is 16.5 Å². The van der Waals surface area contributed by atoms with E-state index in [-0.39, 0.29) is 0 Å². The van der Waals surface area contributed by atoms with Crippen molar-refractivity contribution in [2.24, 2.45) is 7.05 Å². The van der Waals surface area contributed by atoms with Gasteiger partial charge in [0.1, 0.15) is 0 Å². The van der Waals surface area contributed by atoms with E-state index in [1.54, 1.807) is 7.11 Å². The van der Waals surface area contributed by atoms with E-state index in [1.165, 1.54) is 5.56 Å². The number of hydrogen-bond acceptors (Lipinski definition) is 4. The van der Waals surface area contributed by atoms with Crippen molar-refractivity contribution in [2.75, 3.05) is 20.3 Å². The lowest BCUT2D eigenvalue weighted by atomic mass is 10.2. The number of ether oxygens (including phenoxy) is 2. The Labute approximate surface area is 125 Å². The van der Waals surface area contributed by atoms with Crippen LogP contribution in [0.5, 0.6) is 11.5 Å². The quantitative estimate of drug-likeness (QED) is 0.757. The summed E-state index contributed by atoms with van der Waals surface area (Å²) in [4.78, 5) is 0. The minimum atomic E-state index is 0.637. The highest BCUT2D eigenvalue weighted by Crippen LogP contribution is 2.27. The molecular formula is C16H23N3O2. The van der Waals surface area contributed by atoms with Gasteiger partial charge in [-0.1, -0.05) is 6.07 Å². The number of benzene rings is 1. The predicted molar refractivity (Wildman–Crippen MR) is 82.8 cm³/mol. The van der Waals surface area contributed by atoms with Gasteiger partial charge in [-0.2, -0.15) is 5.10 Å². The Hall–Kier alpha value is -2.01. The van der Waals surface area contributed by atoms with Gasteiger partial charge in [0, 0.05) is 32.8 Å². The minimum absolute atomic E-state index is 0.637. The van der Waals surface area contributed by atoms with Gasteiger partial charge in [-0.25, -0.2) is 0 Å². The summed E-state index contributed by atoms with van der Waals surface area (Å²) in [6.45, 7) is 4.30. The Kier molecular flexibility index (Phi) is 5.63. The highest BCUT2D eigenvalue weighted by Gasteiger charge is 2.05. The van der Waals surface area contributed by atoms with Gasteiger partial charge in [-0.15, -0.1) is 0 Å². The third-order valence-electron chi connectivity index (χ3n) is 3.18. The lowest BCUT2D eigenvalue weighted by Crippen LogP contribution is -2.17. The first-order chi connectivity index (χ1) is 10.2. The van der Waals surface area contributed by atoms with Crippen LogP contribution in [0, 0.1) is 0 Å². The molecule has 1 heterocycles. The van der Waals surface area contributed by atoms with Gasteiger partial charge < -0.3 is 14.8 Å². The second-order valence-corrected chi connectivity index (χ2v) is 4.83. The van der Waals surface area contributed by atoms with Gasteiger partial charge in [-0.3, -0.25) is 4.68 Å². The molecule has 2 rings (SSSR count). The molecule has 2 aromatic rings. The summed E-state index contributed by atoms with van der Waals surface area (Å²) in [7, 11) is 3.60. The molecular weight excluding hydrogens is 266 g/mol. The Morgan fingerprint density at radius 3 is 2.76 bits per heavy atom. The van der Waals surface area contributed by atoms with Gasteiger partial charge >= 0.3 is 0 Å². The van der Waals surface area contributed by atoms with Crippen LogP contribution in [-0.4, -0.2) is 30.0 Å². The molecule has 0 aliphatic heterocycles. The fourth-order valence-electron chi connectivity index (χ4n) is 2.14. The number of methoxy groups -OCH3 is 1. The Morgan fingerprint density at radius 2 is 2.10 bits per heavy atom. The second kappa shape index (κ2) is 7.69. The van der Waals surface area contributed by atoms with E-state index < -0.39 is 0 Å². The van der Waals surface area contributed by atoms with Gasteiger partial charge in [-0.05, 0) is 30.7 Å². The summed E-state index contributed by atoms with van der Waals surface area (Å²) < 4.78 is 12.7. The SMILES string of the molecule is CCOc1ccc(CNCCc2ccn(C)n2)cc1OC. The van der Waals surface area contributed by atoms with Crippen molar-refractivity contribution in [3.63, 3.8) is 0 Å². The molecule has 0 fully saturated rings. The van der Waals surface area contributed by atoms with Crippen molar-refractivity contribution in [1.82, 2.24) is 15.1 Å². The zero-order chi connectivity index (χ0) is 15.1. The first-order valence-electron chi connectivity index (χ1n) is 7.22. The maximum absolute atomic E-state index is 5.51. The van der Waals surface area contributed by atoms with Crippen LogP contribution in [0.15, 0.2) is 30.5 Å². The molecule has 0 spiro atoms. The molecule has 0 radical (unpaired) electrons. The third kappa shape index (κ3) is 4.49. The zero-order valence-corrected chi connectivity index (χ0v) is 12.9. The van der Waals surface area contributed by atoms with Crippen LogP contribution >= 0.6 is 0 Å². The van der Waals surface area contributed by atoms with Crippen LogP contribution in [0.3, 0.4) is 0 Å². The Balaban J connectivity index is 1.82. The molecule has 5 heteroatoms. The van der Waals surface area contributed by atoms with Crippen LogP contribution in [-0.2, 0) is 20.0 Å². The summed E-state index contributed by atoms with van der Waals surface area (Å²) in [5, 5.41) is 7.77. The summed E-state index contributed by atoms with van der Waals surface area (Å²) in [5.41, 5.74) is 2.28. The molecule has 1 aromatic heterocycles. The van der Waals surface area contributed by atoms with Crippen molar-refractivity contribution in [3.05, 3.63) is 41.7 Å². The largest absolute Gasteiger partial charge is 0.493 e. The second-order valence-electron chi connectivity index (χ2n) is 4.83. The molecule has 0 atom stereocenters. The van der Waals surface area contributed by atoms with E-state index in [4.69, 9.17) is 9.47 Å². The van der Waals surface area contributed by atoms with E-state index in [1.807, 2.05) is 43.0 Å². The Morgan fingerprint density at radius 1 is 1.24 bits per heavy atom. The van der Waals surface area contributed by atoms with Crippen LogP contribution in [0.25, 0.3) is 0 Å². The fraction of sp³-hybridized carbons (Fsp3) is 0.438. The van der Waals surface area contributed by atoms with Crippen LogP contribution in [0.4, 0.5) is 0 Å². The number of rotatable bonds is 8. The first kappa shape index (κ1) is 15.4. The number of aryl methyl sites for hydroxylation is 1. The van der Waals surface area contributed by atoms with Gasteiger partial charge in [0.2, 0.25) is 0 Å². The molecule has 0 bridgehead atoms. The molecule has 0 amide bonds. The summed E-state index contributed by atoms with van der Waals surface area (Å²) in [6.07, 6.45) is 2.89. The van der Waals surface area contributed by atoms with Gasteiger partial charge in [0.25, 0.3) is 0 Å². The van der Waals surface area contributed by atoms with Crippen LogP contribution in [0.2, 0.25) is 0 Å². The average molecular weight is 289 g/mol. The highest BCUT2D eigenvalue weighted by atomic mass is 16.5. The molecule has 5 nitrogen and oxygen atoms in total. The lowest BCUT2D eigenvalue weighted by Gasteiger charge is -2.11. The first-order valence-corrected chi connectivity index (χ1v) is 7.22.